The number of hydrogen-bond donors (Lipinski definition) is 0. The number of benzene rings is 1. The number of likely N-dealkylation sites (tertiary alicyclic amines) is 1. The van der Waals surface area contributed by atoms with Crippen molar-refractivity contribution in [2.24, 2.45) is 11.8 Å². The Labute approximate surface area is 159 Å². The second kappa shape index (κ2) is 7.31. The van der Waals surface area contributed by atoms with E-state index in [-0.39, 0.29) is 18.6 Å². The molecule has 1 aromatic heterocycles. The van der Waals surface area contributed by atoms with E-state index in [4.69, 9.17) is 9.15 Å². The molecule has 0 bridgehead atoms. The lowest BCUT2D eigenvalue weighted by molar-refractivity contribution is -0.137. The molecule has 1 aromatic carbocycles. The van der Waals surface area contributed by atoms with Gasteiger partial charge in [0.25, 0.3) is 0 Å². The molecule has 2 fully saturated rings. The van der Waals surface area contributed by atoms with Gasteiger partial charge in [-0.05, 0) is 25.0 Å². The van der Waals surface area contributed by atoms with Gasteiger partial charge in [-0.3, -0.25) is 4.79 Å². The average Bonchev–Trinajstić information content (AvgIpc) is 3.34. The fourth-order valence-corrected chi connectivity index (χ4v) is 4.46. The second-order valence-corrected chi connectivity index (χ2v) is 7.42. The first kappa shape index (κ1) is 18.0. The van der Waals surface area contributed by atoms with Gasteiger partial charge in [0.2, 0.25) is 11.8 Å². The van der Waals surface area contributed by atoms with Crippen LogP contribution in [0.1, 0.15) is 30.0 Å². The van der Waals surface area contributed by atoms with Gasteiger partial charge in [0.1, 0.15) is 6.61 Å². The maximum Gasteiger partial charge on any atom is 0.318 e. The molecule has 0 aliphatic carbocycles. The molecule has 2 aromatic rings. The first-order valence-corrected chi connectivity index (χ1v) is 9.56. The van der Waals surface area contributed by atoms with E-state index in [0.717, 1.165) is 19.6 Å². The van der Waals surface area contributed by atoms with Crippen LogP contribution in [0.25, 0.3) is 0 Å². The first-order chi connectivity index (χ1) is 13.1. The molecule has 4 rings (SSSR count). The second-order valence-electron chi connectivity index (χ2n) is 7.42. The molecular formula is C20H26N4O3. The van der Waals surface area contributed by atoms with Crippen LogP contribution in [0.2, 0.25) is 0 Å². The van der Waals surface area contributed by atoms with Crippen LogP contribution in [-0.2, 0) is 9.53 Å². The Balaban J connectivity index is 1.62. The molecule has 2 aliphatic heterocycles. The van der Waals surface area contributed by atoms with E-state index in [1.54, 1.807) is 6.92 Å². The number of nitrogens with zero attached hydrogens (tertiary/aromatic N) is 4. The van der Waals surface area contributed by atoms with Crippen LogP contribution in [0.5, 0.6) is 0 Å². The number of aromatic nitrogens is 2. The Kier molecular flexibility index (Phi) is 4.86. The maximum atomic E-state index is 12.8. The molecule has 1 amide bonds. The minimum atomic E-state index is 0.0539. The monoisotopic (exact) mass is 370 g/mol. The summed E-state index contributed by atoms with van der Waals surface area (Å²) in [5, 5.41) is 8.13. The molecule has 27 heavy (non-hydrogen) atoms. The van der Waals surface area contributed by atoms with Crippen molar-refractivity contribution in [2.75, 3.05) is 37.7 Å². The van der Waals surface area contributed by atoms with Gasteiger partial charge in [-0.25, -0.2) is 0 Å². The summed E-state index contributed by atoms with van der Waals surface area (Å²) in [5.74, 6) is 1.36. The molecule has 0 saturated carbocycles. The van der Waals surface area contributed by atoms with Crippen molar-refractivity contribution in [1.82, 2.24) is 15.1 Å². The zero-order valence-corrected chi connectivity index (χ0v) is 16.1. The molecule has 144 valence electrons. The quantitative estimate of drug-likeness (QED) is 0.805. The van der Waals surface area contributed by atoms with Gasteiger partial charge in [0.15, 0.2) is 0 Å². The van der Waals surface area contributed by atoms with E-state index < -0.39 is 0 Å². The molecule has 0 spiro atoms. The number of fused-ring (bicyclic) bond motifs is 1. The lowest BCUT2D eigenvalue weighted by atomic mass is 9.87. The number of ether oxygens (including phenoxy) is 1. The molecule has 7 nitrogen and oxygen atoms in total. The smallest absolute Gasteiger partial charge is 0.318 e. The highest BCUT2D eigenvalue weighted by Crippen LogP contribution is 2.46. The third-order valence-corrected chi connectivity index (χ3v) is 5.71. The predicted octanol–water partition coefficient (Wildman–Crippen LogP) is 2.36. The van der Waals surface area contributed by atoms with Crippen molar-refractivity contribution < 1.29 is 13.9 Å². The molecule has 0 N–H and O–H groups in total. The fraction of sp³-hybridized carbons (Fsp3) is 0.550. The van der Waals surface area contributed by atoms with E-state index >= 15 is 0 Å². The van der Waals surface area contributed by atoms with Crippen molar-refractivity contribution in [3.8, 4) is 0 Å². The minimum Gasteiger partial charge on any atom is -0.408 e. The van der Waals surface area contributed by atoms with Crippen LogP contribution in [-0.4, -0.2) is 53.9 Å². The number of carbonyl (C=O) groups is 1. The summed E-state index contributed by atoms with van der Waals surface area (Å²) in [7, 11) is 0. The Morgan fingerprint density at radius 1 is 1.22 bits per heavy atom. The maximum absolute atomic E-state index is 12.8. The van der Waals surface area contributed by atoms with Crippen LogP contribution in [0.4, 0.5) is 6.01 Å². The number of aryl methyl sites for hydroxylation is 2. The summed E-state index contributed by atoms with van der Waals surface area (Å²) >= 11 is 0. The number of amides is 1. The van der Waals surface area contributed by atoms with Gasteiger partial charge in [-0.15, -0.1) is 5.10 Å². The van der Waals surface area contributed by atoms with E-state index in [2.05, 4.69) is 40.2 Å². The lowest BCUT2D eigenvalue weighted by Crippen LogP contribution is -2.38. The minimum absolute atomic E-state index is 0.0539. The van der Waals surface area contributed by atoms with Crippen molar-refractivity contribution in [1.29, 1.82) is 0 Å². The lowest BCUT2D eigenvalue weighted by Gasteiger charge is -2.30. The van der Waals surface area contributed by atoms with Crippen LogP contribution in [0.15, 0.2) is 28.7 Å². The molecule has 3 heterocycles. The largest absolute Gasteiger partial charge is 0.408 e. The zero-order chi connectivity index (χ0) is 19.0. The van der Waals surface area contributed by atoms with Gasteiger partial charge in [-0.2, -0.15) is 0 Å². The van der Waals surface area contributed by atoms with E-state index in [1.165, 1.54) is 11.1 Å². The van der Waals surface area contributed by atoms with E-state index in [1.807, 2.05) is 17.9 Å². The van der Waals surface area contributed by atoms with Crippen molar-refractivity contribution >= 4 is 11.9 Å². The number of anilines is 1. The fourth-order valence-electron chi connectivity index (χ4n) is 4.46. The van der Waals surface area contributed by atoms with E-state index in [0.29, 0.717) is 30.3 Å². The Hall–Kier alpha value is -2.41. The van der Waals surface area contributed by atoms with Crippen LogP contribution in [0.3, 0.4) is 0 Å². The summed E-state index contributed by atoms with van der Waals surface area (Å²) in [6.45, 7) is 8.89. The third kappa shape index (κ3) is 3.32. The first-order valence-electron chi connectivity index (χ1n) is 9.56. The highest BCUT2D eigenvalue weighted by atomic mass is 16.5. The van der Waals surface area contributed by atoms with E-state index in [9.17, 15) is 4.79 Å². The Bertz CT molecular complexity index is 821. The van der Waals surface area contributed by atoms with Gasteiger partial charge >= 0.3 is 6.01 Å². The van der Waals surface area contributed by atoms with Crippen molar-refractivity contribution in [3.05, 3.63) is 41.3 Å². The van der Waals surface area contributed by atoms with Gasteiger partial charge in [0.05, 0.1) is 6.04 Å². The summed E-state index contributed by atoms with van der Waals surface area (Å²) in [6.07, 6.45) is 0. The van der Waals surface area contributed by atoms with Gasteiger partial charge in [-0.1, -0.05) is 29.4 Å². The van der Waals surface area contributed by atoms with Crippen LogP contribution in [0, 0.1) is 25.7 Å². The summed E-state index contributed by atoms with van der Waals surface area (Å²) < 4.78 is 11.0. The normalized spacial score (nSPS) is 24.5. The van der Waals surface area contributed by atoms with Crippen LogP contribution < -0.4 is 4.90 Å². The SMILES string of the molecule is CCOCC(=O)N1C[C@@H]2CN(c3nnc(C)o3)C[C@@H]2[C@@H]1c1ccccc1C. The summed E-state index contributed by atoms with van der Waals surface area (Å²) in [5.41, 5.74) is 2.43. The topological polar surface area (TPSA) is 71.7 Å². The number of hydrogen-bond acceptors (Lipinski definition) is 6. The molecule has 2 saturated heterocycles. The third-order valence-electron chi connectivity index (χ3n) is 5.71. The molecule has 3 atom stereocenters. The molecular weight excluding hydrogens is 344 g/mol. The van der Waals surface area contributed by atoms with Gasteiger partial charge < -0.3 is 19.0 Å². The summed E-state index contributed by atoms with van der Waals surface area (Å²) in [4.78, 5) is 17.0. The highest BCUT2D eigenvalue weighted by molar-refractivity contribution is 5.78. The predicted molar refractivity (Wildman–Crippen MR) is 100 cm³/mol. The standard InChI is InChI=1S/C20H26N4O3/c1-4-26-12-18(25)24-10-15-9-23(20-22-21-14(3)27-20)11-17(15)19(24)16-8-6-5-7-13(16)2/h5-8,15,17,19H,4,9-12H2,1-3H3/t15-,17-,19-/m0/s1. The van der Waals surface area contributed by atoms with Crippen molar-refractivity contribution in [3.63, 3.8) is 0 Å². The average molecular weight is 370 g/mol. The number of rotatable bonds is 5. The summed E-state index contributed by atoms with van der Waals surface area (Å²) in [6, 6.07) is 8.98. The highest BCUT2D eigenvalue weighted by Gasteiger charge is 2.50. The molecule has 0 radical (unpaired) electrons. The molecule has 7 heteroatoms. The Morgan fingerprint density at radius 2 is 2.04 bits per heavy atom. The Morgan fingerprint density at radius 3 is 2.74 bits per heavy atom. The molecule has 0 unspecified atom stereocenters. The molecule has 2 aliphatic rings. The van der Waals surface area contributed by atoms with Crippen LogP contribution >= 0.6 is 0 Å². The van der Waals surface area contributed by atoms with Gasteiger partial charge in [0, 0.05) is 45.0 Å². The van der Waals surface area contributed by atoms with Crippen molar-refractivity contribution in [2.45, 2.75) is 26.8 Å². The number of carbonyl (C=O) groups excluding carboxylic acids is 1. The zero-order valence-electron chi connectivity index (χ0n) is 16.1.